The van der Waals surface area contributed by atoms with Crippen molar-refractivity contribution in [3.8, 4) is 0 Å². The third-order valence-corrected chi connectivity index (χ3v) is 1990. The van der Waals surface area contributed by atoms with Crippen LogP contribution in [0.15, 0.2) is 24.3 Å². The number of rotatable bonds is 20. The molecule has 0 unspecified atom stereocenters. The van der Waals surface area contributed by atoms with Gasteiger partial charge in [0.25, 0.3) is 0 Å². The van der Waals surface area contributed by atoms with Gasteiger partial charge in [-0.05, 0) is 65.1 Å². The first kappa shape index (κ1) is 75.7. The van der Waals surface area contributed by atoms with Crippen molar-refractivity contribution >= 4 is 382 Å². The van der Waals surface area contributed by atoms with E-state index < -0.39 is 109 Å². The van der Waals surface area contributed by atoms with Crippen LogP contribution in [-0.4, -0.2) is 83.6 Å². The summed E-state index contributed by atoms with van der Waals surface area (Å²) >= 11 is 46.9. The van der Waals surface area contributed by atoms with Crippen LogP contribution < -0.4 is 11.5 Å². The van der Waals surface area contributed by atoms with Crippen LogP contribution in [0.2, 0.25) is 0 Å². The topological polar surface area (TPSA) is 99.0 Å². The summed E-state index contributed by atoms with van der Waals surface area (Å²) in [4.78, 5) is 4.79. The van der Waals surface area contributed by atoms with E-state index in [-0.39, 0.29) is 18.2 Å². The first-order valence-electron chi connectivity index (χ1n) is 14.8. The molecule has 1 saturated heterocycles. The van der Waals surface area contributed by atoms with Crippen molar-refractivity contribution in [2.45, 2.75) is 70.7 Å². The molecule has 0 aromatic carbocycles. The van der Waals surface area contributed by atoms with Crippen LogP contribution >= 0.6 is 382 Å². The van der Waals surface area contributed by atoms with E-state index in [4.69, 9.17) is 11.5 Å². The zero-order chi connectivity index (χ0) is 43.6. The summed E-state index contributed by atoms with van der Waals surface area (Å²) in [5.74, 6) is 0.517. The predicted octanol–water partition coefficient (Wildman–Crippen LogP) is 26.1. The second-order valence-corrected chi connectivity index (χ2v) is 644. The Bertz CT molecular complexity index is 1050. The zero-order valence-corrected chi connectivity index (χ0v) is 89.3. The molecule has 4 atom stereocenters. The Hall–Kier alpha value is 19.7. The molecule has 0 aliphatic carbocycles. The Morgan fingerprint density at radius 2 is 1.04 bits per heavy atom. The quantitative estimate of drug-likeness (QED) is 0.0716. The Morgan fingerprint density at radius 1 is 0.661 bits per heavy atom. The number of piperidine rings is 1. The van der Waals surface area contributed by atoms with Gasteiger partial charge in [0.15, 0.2) is 0 Å². The third-order valence-electron chi connectivity index (χ3n) is 6.92. The molecule has 360 valence electrons. The zero-order valence-electron chi connectivity index (χ0n) is 28.8. The van der Waals surface area contributed by atoms with E-state index in [1.807, 2.05) is 6.08 Å². The molecule has 0 saturated carbocycles. The third kappa shape index (κ3) is 32.4. The van der Waals surface area contributed by atoms with Crippen molar-refractivity contribution in [2.24, 2.45) is 17.4 Å². The van der Waals surface area contributed by atoms with Crippen LogP contribution in [0.1, 0.15) is 46.5 Å². The summed E-state index contributed by atoms with van der Waals surface area (Å²) < 4.78 is 0. The average Bonchev–Trinajstić information content (AvgIpc) is 3.18. The first-order valence-corrected chi connectivity index (χ1v) is 184. The first-order chi connectivity index (χ1) is 26.0. The number of aliphatic hydroxyl groups excluding tert-OH is 2. The Labute approximate surface area is 530 Å². The molecule has 6 N–H and O–H groups in total. The van der Waals surface area contributed by atoms with E-state index in [9.17, 15) is 10.2 Å². The van der Waals surface area contributed by atoms with E-state index in [1.54, 1.807) is 13.8 Å². The van der Waals surface area contributed by atoms with Gasteiger partial charge in [0.2, 0.25) is 0 Å². The number of hydrogen-bond donors (Lipinski definition) is 4. The van der Waals surface area contributed by atoms with Crippen molar-refractivity contribution < 1.29 is 10.2 Å². The average molecular weight is 3950 g/mol. The van der Waals surface area contributed by atoms with Crippen LogP contribution in [0.3, 0.4) is 0 Å². The van der Waals surface area contributed by atoms with Gasteiger partial charge in [-0.2, -0.15) is 0 Å². The second kappa shape index (κ2) is 45.2. The molecule has 2 heterocycles. The van der Waals surface area contributed by atoms with Crippen LogP contribution in [0, 0.1) is 5.92 Å². The maximum absolute atomic E-state index is 9.40. The number of hydrogen-bond acceptors (Lipinski definition) is 6. The van der Waals surface area contributed by atoms with Gasteiger partial charge in [-0.1, -0.05) is 24.6 Å². The maximum atomic E-state index is 9.40. The molecule has 0 aromatic heterocycles. The molecule has 2 aliphatic rings. The van der Waals surface area contributed by atoms with Gasteiger partial charge < -0.3 is 26.6 Å². The molecule has 0 spiro atoms. The molecular weight excluding hydrogens is 3910 g/mol. The number of nitrogens with zero attached hydrogens (tertiary/aromatic N) is 2. The number of aliphatic hydroxyl groups is 2. The summed E-state index contributed by atoms with van der Waals surface area (Å²) in [6.07, 6.45) is 7.70. The molecule has 34 heteroatoms. The molecule has 1 fully saturated rings. The fraction of sp³-hybridized carbons (Fsp3) is 0.818. The standard InChI is InChI=1S/C11H24N2O.C11H20N2O.I28/c2*1-3-6-13-7-4-10(5-8-13)11(12)9(2)14;1-16(2)18(5)20(7)22(9)24(11)26(13)28(15)27(14)25(12)23(10)21(8)19(6)17(3)4/h9-11,14H,3-8,12H2,1-2H3;3-4,9,11,14H,1,5-8,12H2,2H3;/t2*9-,11+;/m11./s1. The van der Waals surface area contributed by atoms with Gasteiger partial charge in [-0.15, -0.1) is 6.58 Å². The van der Waals surface area contributed by atoms with Gasteiger partial charge in [0.05, 0.1) is 18.2 Å². The van der Waals surface area contributed by atoms with Crippen molar-refractivity contribution in [2.75, 3.05) is 39.3 Å². The molecule has 2 rings (SSSR count). The molecule has 56 heavy (non-hydrogen) atoms. The van der Waals surface area contributed by atoms with Gasteiger partial charge in [-0.3, -0.25) is 4.90 Å². The predicted molar refractivity (Wildman–Crippen MR) is 511 cm³/mol. The molecule has 0 radical (unpaired) electrons. The van der Waals surface area contributed by atoms with Gasteiger partial charge in [-0.25, -0.2) is 0 Å². The van der Waals surface area contributed by atoms with Gasteiger partial charge in [0.1, 0.15) is 0 Å². The van der Waals surface area contributed by atoms with E-state index in [0.717, 1.165) is 52.0 Å². The van der Waals surface area contributed by atoms with Crippen molar-refractivity contribution in [1.29, 1.82) is 0 Å². The van der Waals surface area contributed by atoms with E-state index in [2.05, 4.69) is 309 Å². The van der Waals surface area contributed by atoms with Gasteiger partial charge in [0, 0.05) is 25.7 Å². The van der Waals surface area contributed by atoms with E-state index in [1.165, 1.54) is 18.5 Å². The van der Waals surface area contributed by atoms with E-state index >= 15 is 0 Å². The summed E-state index contributed by atoms with van der Waals surface area (Å²) in [6, 6.07) is -0.223. The molecular formula is C22H44I28N4O2. The molecule has 0 amide bonds. The molecule has 6 nitrogen and oxygen atoms in total. The Morgan fingerprint density at radius 3 is 1.30 bits per heavy atom. The van der Waals surface area contributed by atoms with Crippen molar-refractivity contribution in [1.82, 2.24) is 9.80 Å². The Balaban J connectivity index is 0.000000897. The molecule has 0 aromatic rings. The summed E-state index contributed by atoms with van der Waals surface area (Å²) in [7, 11) is -5.91. The normalized spacial score (nSPS) is 21.0. The molecule has 2 aliphatic heterocycles. The van der Waals surface area contributed by atoms with Crippen molar-refractivity contribution in [3.63, 3.8) is 0 Å². The van der Waals surface area contributed by atoms with E-state index in [0.29, 0.717) is 5.92 Å². The SMILES string of the molecule is C=CCN1CC=C([C@@H](N)[C@@H](C)O)CC1.CCCN1CCC([C@@H](N)[C@@H](C)O)CC1.II(I)I(I)I(I)I(I)I(I)I(I)I(I)I(I)I(I)I(I)I(I)I(I)I(I)I. The fourth-order valence-electron chi connectivity index (χ4n) is 4.30. The number of likely N-dealkylation sites (tertiary alicyclic amines) is 1. The number of nitrogens with two attached hydrogens (primary N) is 2. The fourth-order valence-corrected chi connectivity index (χ4v) is 4610. The van der Waals surface area contributed by atoms with Crippen LogP contribution in [0.5, 0.6) is 0 Å². The monoisotopic (exact) mass is 3950 g/mol. The number of halogens is 28. The van der Waals surface area contributed by atoms with Crippen LogP contribution in [0.4, 0.5) is 0 Å². The summed E-state index contributed by atoms with van der Waals surface area (Å²) in [5.41, 5.74) is 13.0. The minimum atomic E-state index is -0.475. The summed E-state index contributed by atoms with van der Waals surface area (Å²) in [5, 5.41) is 18.8. The second-order valence-electron chi connectivity index (χ2n) is 10.4. The van der Waals surface area contributed by atoms with Crippen LogP contribution in [-0.2, 0) is 0 Å². The van der Waals surface area contributed by atoms with Crippen molar-refractivity contribution in [3.05, 3.63) is 24.3 Å². The minimum absolute atomic E-state index is 0.0289. The molecule has 0 bridgehead atoms. The summed E-state index contributed by atoms with van der Waals surface area (Å²) in [6.45, 7) is 15.8. The Kier molecular flexibility index (Phi) is 61.1. The van der Waals surface area contributed by atoms with Gasteiger partial charge >= 0.3 is 382 Å². The van der Waals surface area contributed by atoms with Crippen LogP contribution in [0.25, 0.3) is 0 Å².